The fourth-order valence-corrected chi connectivity index (χ4v) is 1.93. The molecule has 84 valence electrons. The summed E-state index contributed by atoms with van der Waals surface area (Å²) in [6.07, 6.45) is 0.649. The maximum atomic E-state index is 10.1. The Morgan fingerprint density at radius 2 is 1.73 bits per heavy atom. The van der Waals surface area contributed by atoms with Gasteiger partial charge >= 0.3 is 0 Å². The highest BCUT2D eigenvalue weighted by atomic mass is 79.9. The summed E-state index contributed by atoms with van der Waals surface area (Å²) in [5.41, 5.74) is 3.40. The topological polar surface area (TPSA) is 20.2 Å². The fraction of sp³-hybridized carbons (Fsp3) is 0.538. The third-order valence-electron chi connectivity index (χ3n) is 2.98. The first-order valence-corrected chi connectivity index (χ1v) is 6.21. The second-order valence-electron chi connectivity index (χ2n) is 4.30. The smallest absolute Gasteiger partial charge is 0.0815 e. The average Bonchev–Trinajstić information content (AvgIpc) is 2.23. The van der Waals surface area contributed by atoms with Crippen molar-refractivity contribution >= 4 is 15.9 Å². The summed E-state index contributed by atoms with van der Waals surface area (Å²) in [6.45, 7) is 8.30. The molecule has 1 aromatic carbocycles. The Labute approximate surface area is 101 Å². The van der Waals surface area contributed by atoms with Crippen LogP contribution >= 0.6 is 15.9 Å². The standard InChI is InChI=1S/C13H19BrO/c1-5-8(2)13(15)11-6-9(3)12(14)10(4)7-11/h6-8,13,15H,5H2,1-4H3. The number of rotatable bonds is 3. The molecule has 0 aliphatic carbocycles. The van der Waals surface area contributed by atoms with Crippen molar-refractivity contribution in [2.24, 2.45) is 5.92 Å². The van der Waals surface area contributed by atoms with Gasteiger partial charge in [-0.1, -0.05) is 48.3 Å². The fourth-order valence-electron chi connectivity index (χ4n) is 1.70. The monoisotopic (exact) mass is 270 g/mol. The van der Waals surface area contributed by atoms with E-state index in [1.165, 1.54) is 11.1 Å². The van der Waals surface area contributed by atoms with Gasteiger partial charge < -0.3 is 5.11 Å². The molecular weight excluding hydrogens is 252 g/mol. The van der Waals surface area contributed by atoms with Gasteiger partial charge in [0.05, 0.1) is 6.10 Å². The Hall–Kier alpha value is -0.340. The second kappa shape index (κ2) is 5.13. The normalized spacial score (nSPS) is 15.1. The summed E-state index contributed by atoms with van der Waals surface area (Å²) in [6, 6.07) is 4.13. The minimum atomic E-state index is -0.347. The number of aryl methyl sites for hydroxylation is 2. The third kappa shape index (κ3) is 2.82. The molecule has 1 rings (SSSR count). The first-order chi connectivity index (χ1) is 6.97. The molecule has 1 N–H and O–H groups in total. The van der Waals surface area contributed by atoms with E-state index in [2.05, 4.69) is 55.8 Å². The van der Waals surface area contributed by atoms with Crippen LogP contribution in [-0.2, 0) is 0 Å². The molecule has 0 aliphatic rings. The van der Waals surface area contributed by atoms with E-state index < -0.39 is 0 Å². The number of halogens is 1. The summed E-state index contributed by atoms with van der Waals surface area (Å²) in [5, 5.41) is 10.1. The summed E-state index contributed by atoms with van der Waals surface area (Å²) >= 11 is 3.53. The Morgan fingerprint density at radius 1 is 1.27 bits per heavy atom. The van der Waals surface area contributed by atoms with Gasteiger partial charge in [-0.05, 0) is 36.5 Å². The van der Waals surface area contributed by atoms with Crippen LogP contribution in [0.25, 0.3) is 0 Å². The summed E-state index contributed by atoms with van der Waals surface area (Å²) < 4.78 is 1.14. The lowest BCUT2D eigenvalue weighted by Gasteiger charge is -2.19. The second-order valence-corrected chi connectivity index (χ2v) is 5.09. The van der Waals surface area contributed by atoms with Gasteiger partial charge in [0.25, 0.3) is 0 Å². The van der Waals surface area contributed by atoms with Gasteiger partial charge in [0.2, 0.25) is 0 Å². The van der Waals surface area contributed by atoms with Gasteiger partial charge in [0.15, 0.2) is 0 Å². The molecule has 0 radical (unpaired) electrons. The molecule has 1 aromatic rings. The predicted molar refractivity (Wildman–Crippen MR) is 68.0 cm³/mol. The van der Waals surface area contributed by atoms with Crippen molar-refractivity contribution in [3.63, 3.8) is 0 Å². The molecule has 0 aromatic heterocycles. The first-order valence-electron chi connectivity index (χ1n) is 5.42. The van der Waals surface area contributed by atoms with Crippen LogP contribution in [0.5, 0.6) is 0 Å². The van der Waals surface area contributed by atoms with Crippen LogP contribution < -0.4 is 0 Å². The molecule has 0 saturated heterocycles. The largest absolute Gasteiger partial charge is 0.388 e. The lowest BCUT2D eigenvalue weighted by atomic mass is 9.93. The van der Waals surface area contributed by atoms with Crippen molar-refractivity contribution in [1.82, 2.24) is 0 Å². The molecule has 15 heavy (non-hydrogen) atoms. The maximum Gasteiger partial charge on any atom is 0.0815 e. The van der Waals surface area contributed by atoms with Gasteiger partial charge in [0.1, 0.15) is 0 Å². The van der Waals surface area contributed by atoms with E-state index >= 15 is 0 Å². The zero-order chi connectivity index (χ0) is 11.6. The molecule has 0 aliphatic heterocycles. The number of aliphatic hydroxyl groups is 1. The van der Waals surface area contributed by atoms with Crippen LogP contribution in [0.4, 0.5) is 0 Å². The highest BCUT2D eigenvalue weighted by Crippen LogP contribution is 2.29. The van der Waals surface area contributed by atoms with Crippen LogP contribution in [-0.4, -0.2) is 5.11 Å². The minimum absolute atomic E-state index is 0.310. The van der Waals surface area contributed by atoms with E-state index in [-0.39, 0.29) is 6.10 Å². The lowest BCUT2D eigenvalue weighted by molar-refractivity contribution is 0.115. The zero-order valence-electron chi connectivity index (χ0n) is 9.84. The van der Waals surface area contributed by atoms with Crippen molar-refractivity contribution in [3.8, 4) is 0 Å². The van der Waals surface area contributed by atoms with E-state index in [1.54, 1.807) is 0 Å². The Morgan fingerprint density at radius 3 is 2.13 bits per heavy atom. The van der Waals surface area contributed by atoms with Crippen molar-refractivity contribution in [2.75, 3.05) is 0 Å². The summed E-state index contributed by atoms with van der Waals surface area (Å²) in [7, 11) is 0. The Bertz CT molecular complexity index is 323. The van der Waals surface area contributed by atoms with Gasteiger partial charge in [-0.25, -0.2) is 0 Å². The number of aliphatic hydroxyl groups excluding tert-OH is 1. The highest BCUT2D eigenvalue weighted by Gasteiger charge is 2.16. The maximum absolute atomic E-state index is 10.1. The molecular formula is C13H19BrO. The number of hydrogen-bond donors (Lipinski definition) is 1. The van der Waals surface area contributed by atoms with Crippen molar-refractivity contribution in [1.29, 1.82) is 0 Å². The summed E-state index contributed by atoms with van der Waals surface area (Å²) in [5.74, 6) is 0.310. The molecule has 0 saturated carbocycles. The zero-order valence-corrected chi connectivity index (χ0v) is 11.4. The van der Waals surface area contributed by atoms with Crippen molar-refractivity contribution in [2.45, 2.75) is 40.2 Å². The average molecular weight is 271 g/mol. The summed E-state index contributed by atoms with van der Waals surface area (Å²) in [4.78, 5) is 0. The van der Waals surface area contributed by atoms with Crippen LogP contribution in [0.3, 0.4) is 0 Å². The van der Waals surface area contributed by atoms with E-state index in [4.69, 9.17) is 0 Å². The highest BCUT2D eigenvalue weighted by molar-refractivity contribution is 9.10. The third-order valence-corrected chi connectivity index (χ3v) is 4.23. The molecule has 0 bridgehead atoms. The predicted octanol–water partition coefficient (Wildman–Crippen LogP) is 4.15. The van der Waals surface area contributed by atoms with Crippen molar-refractivity contribution < 1.29 is 5.11 Å². The lowest BCUT2D eigenvalue weighted by Crippen LogP contribution is -2.08. The molecule has 0 fully saturated rings. The molecule has 2 heteroatoms. The van der Waals surface area contributed by atoms with Crippen LogP contribution in [0, 0.1) is 19.8 Å². The molecule has 0 heterocycles. The molecule has 0 spiro atoms. The molecule has 0 amide bonds. The molecule has 2 atom stereocenters. The van der Waals surface area contributed by atoms with E-state index in [0.29, 0.717) is 5.92 Å². The molecule has 2 unspecified atom stereocenters. The first kappa shape index (κ1) is 12.7. The van der Waals surface area contributed by atoms with Gasteiger partial charge in [-0.2, -0.15) is 0 Å². The minimum Gasteiger partial charge on any atom is -0.388 e. The van der Waals surface area contributed by atoms with Crippen LogP contribution in [0.15, 0.2) is 16.6 Å². The quantitative estimate of drug-likeness (QED) is 0.875. The van der Waals surface area contributed by atoms with Gasteiger partial charge in [0, 0.05) is 4.47 Å². The van der Waals surface area contributed by atoms with Crippen molar-refractivity contribution in [3.05, 3.63) is 33.3 Å². The SMILES string of the molecule is CCC(C)C(O)c1cc(C)c(Br)c(C)c1. The number of hydrogen-bond acceptors (Lipinski definition) is 1. The van der Waals surface area contributed by atoms with E-state index in [0.717, 1.165) is 16.5 Å². The van der Waals surface area contributed by atoms with Gasteiger partial charge in [-0.3, -0.25) is 0 Å². The van der Waals surface area contributed by atoms with E-state index in [1.807, 2.05) is 0 Å². The van der Waals surface area contributed by atoms with Gasteiger partial charge in [-0.15, -0.1) is 0 Å². The van der Waals surface area contributed by atoms with E-state index in [9.17, 15) is 5.11 Å². The Balaban J connectivity index is 3.06. The van der Waals surface area contributed by atoms with Crippen LogP contribution in [0.2, 0.25) is 0 Å². The number of benzene rings is 1. The Kier molecular flexibility index (Phi) is 4.35. The molecule has 1 nitrogen and oxygen atoms in total. The van der Waals surface area contributed by atoms with Crippen LogP contribution in [0.1, 0.15) is 43.1 Å².